The SMILES string of the molecule is COc1cc2c(cc1CN1CCCC1c1nc(C(C)C)no1)OCCCO2. The van der Waals surface area contributed by atoms with E-state index in [2.05, 4.69) is 28.9 Å². The first-order valence-electron chi connectivity index (χ1n) is 9.69. The van der Waals surface area contributed by atoms with Crippen LogP contribution >= 0.6 is 0 Å². The molecule has 1 fully saturated rings. The van der Waals surface area contributed by atoms with Crippen molar-refractivity contribution < 1.29 is 18.7 Å². The van der Waals surface area contributed by atoms with Gasteiger partial charge in [-0.25, -0.2) is 0 Å². The average molecular weight is 373 g/mol. The van der Waals surface area contributed by atoms with Gasteiger partial charge < -0.3 is 18.7 Å². The second-order valence-corrected chi connectivity index (χ2v) is 7.44. The first-order chi connectivity index (χ1) is 13.2. The van der Waals surface area contributed by atoms with E-state index in [1.54, 1.807) is 7.11 Å². The number of rotatable bonds is 5. The summed E-state index contributed by atoms with van der Waals surface area (Å²) in [7, 11) is 1.69. The molecule has 0 saturated carbocycles. The van der Waals surface area contributed by atoms with E-state index < -0.39 is 0 Å². The van der Waals surface area contributed by atoms with Gasteiger partial charge in [0.25, 0.3) is 0 Å². The Morgan fingerprint density at radius 1 is 1.19 bits per heavy atom. The van der Waals surface area contributed by atoms with E-state index in [0.717, 1.165) is 61.0 Å². The molecule has 0 N–H and O–H groups in total. The Labute approximate surface area is 159 Å². The standard InChI is InChI=1S/C20H27N3O4/c1-13(2)19-21-20(27-22-19)15-6-4-7-23(15)12-14-10-17-18(11-16(14)24-3)26-9-5-8-25-17/h10-11,13,15H,4-9,12H2,1-3H3. The zero-order valence-corrected chi connectivity index (χ0v) is 16.2. The van der Waals surface area contributed by atoms with Gasteiger partial charge in [0, 0.05) is 30.5 Å². The molecule has 4 rings (SSSR count). The highest BCUT2D eigenvalue weighted by Gasteiger charge is 2.32. The highest BCUT2D eigenvalue weighted by atomic mass is 16.5. The topological polar surface area (TPSA) is 69.9 Å². The highest BCUT2D eigenvalue weighted by molar-refractivity contribution is 5.51. The number of ether oxygens (including phenoxy) is 3. The number of fused-ring (bicyclic) bond motifs is 1. The van der Waals surface area contributed by atoms with Gasteiger partial charge in [-0.3, -0.25) is 4.90 Å². The average Bonchev–Trinajstić information content (AvgIpc) is 3.26. The number of likely N-dealkylation sites (tertiary alicyclic amines) is 1. The molecule has 2 aliphatic rings. The summed E-state index contributed by atoms with van der Waals surface area (Å²) in [6.07, 6.45) is 3.01. The van der Waals surface area contributed by atoms with E-state index in [-0.39, 0.29) is 12.0 Å². The van der Waals surface area contributed by atoms with Gasteiger partial charge in [-0.2, -0.15) is 4.98 Å². The first-order valence-corrected chi connectivity index (χ1v) is 9.69. The Bertz CT molecular complexity index is 790. The normalized spacial score (nSPS) is 20.1. The van der Waals surface area contributed by atoms with Crippen LogP contribution in [0.5, 0.6) is 17.2 Å². The van der Waals surface area contributed by atoms with Gasteiger partial charge in [0.1, 0.15) is 5.75 Å². The monoisotopic (exact) mass is 373 g/mol. The van der Waals surface area contributed by atoms with Crippen LogP contribution in [0.1, 0.15) is 62.3 Å². The molecule has 146 valence electrons. The van der Waals surface area contributed by atoms with Crippen molar-refractivity contribution >= 4 is 0 Å². The molecule has 7 nitrogen and oxygen atoms in total. The van der Waals surface area contributed by atoms with Crippen LogP contribution in [0.3, 0.4) is 0 Å². The number of aromatic nitrogens is 2. The quantitative estimate of drug-likeness (QED) is 0.791. The summed E-state index contributed by atoms with van der Waals surface area (Å²) < 4.78 is 22.8. The fourth-order valence-corrected chi connectivity index (χ4v) is 3.68. The minimum absolute atomic E-state index is 0.144. The lowest BCUT2D eigenvalue weighted by molar-refractivity contribution is 0.198. The Kier molecular flexibility index (Phi) is 5.20. The molecule has 0 bridgehead atoms. The summed E-state index contributed by atoms with van der Waals surface area (Å²) in [6, 6.07) is 4.12. The maximum atomic E-state index is 5.85. The minimum atomic E-state index is 0.144. The van der Waals surface area contributed by atoms with Crippen molar-refractivity contribution in [2.24, 2.45) is 0 Å². The highest BCUT2D eigenvalue weighted by Crippen LogP contribution is 2.39. The van der Waals surface area contributed by atoms with Crippen LogP contribution in [-0.4, -0.2) is 41.9 Å². The maximum Gasteiger partial charge on any atom is 0.244 e. The predicted molar refractivity (Wildman–Crippen MR) is 99.4 cm³/mol. The van der Waals surface area contributed by atoms with Gasteiger partial charge in [0.2, 0.25) is 5.89 Å². The fourth-order valence-electron chi connectivity index (χ4n) is 3.68. The molecule has 0 amide bonds. The molecule has 0 aliphatic carbocycles. The number of nitrogens with zero attached hydrogens (tertiary/aromatic N) is 3. The third kappa shape index (κ3) is 3.74. The molecule has 2 aliphatic heterocycles. The fraction of sp³-hybridized carbons (Fsp3) is 0.600. The number of hydrogen-bond acceptors (Lipinski definition) is 7. The van der Waals surface area contributed by atoms with Crippen LogP contribution < -0.4 is 14.2 Å². The Morgan fingerprint density at radius 3 is 2.67 bits per heavy atom. The van der Waals surface area contributed by atoms with Gasteiger partial charge in [-0.1, -0.05) is 19.0 Å². The third-order valence-corrected chi connectivity index (χ3v) is 5.15. The molecule has 2 aromatic rings. The summed E-state index contributed by atoms with van der Waals surface area (Å²) in [6.45, 7) is 7.21. The zero-order valence-electron chi connectivity index (χ0n) is 16.2. The van der Waals surface area contributed by atoms with Gasteiger partial charge in [0.05, 0.1) is 26.4 Å². The van der Waals surface area contributed by atoms with Crippen molar-refractivity contribution in [2.75, 3.05) is 26.9 Å². The van der Waals surface area contributed by atoms with Crippen molar-refractivity contribution in [1.82, 2.24) is 15.0 Å². The molecule has 7 heteroatoms. The van der Waals surface area contributed by atoms with Gasteiger partial charge in [0.15, 0.2) is 17.3 Å². The van der Waals surface area contributed by atoms with Gasteiger partial charge >= 0.3 is 0 Å². The van der Waals surface area contributed by atoms with Crippen LogP contribution in [0.25, 0.3) is 0 Å². The molecule has 0 spiro atoms. The predicted octanol–water partition coefficient (Wildman–Crippen LogP) is 3.70. The molecule has 0 radical (unpaired) electrons. The van der Waals surface area contributed by atoms with E-state index in [4.69, 9.17) is 18.7 Å². The second-order valence-electron chi connectivity index (χ2n) is 7.44. The summed E-state index contributed by atoms with van der Waals surface area (Å²) in [5, 5.41) is 4.13. The van der Waals surface area contributed by atoms with E-state index >= 15 is 0 Å². The van der Waals surface area contributed by atoms with E-state index in [1.165, 1.54) is 0 Å². The largest absolute Gasteiger partial charge is 0.496 e. The van der Waals surface area contributed by atoms with Crippen LogP contribution in [0.15, 0.2) is 16.7 Å². The zero-order chi connectivity index (χ0) is 18.8. The van der Waals surface area contributed by atoms with Crippen LogP contribution in [0, 0.1) is 0 Å². The van der Waals surface area contributed by atoms with Crippen LogP contribution in [0.4, 0.5) is 0 Å². The summed E-state index contributed by atoms with van der Waals surface area (Å²) in [5.41, 5.74) is 1.08. The lowest BCUT2D eigenvalue weighted by atomic mass is 10.1. The summed E-state index contributed by atoms with van der Waals surface area (Å²) in [4.78, 5) is 6.99. The Balaban J connectivity index is 1.57. The Hall–Kier alpha value is -2.28. The smallest absolute Gasteiger partial charge is 0.244 e. The van der Waals surface area contributed by atoms with E-state index in [9.17, 15) is 0 Å². The molecule has 3 heterocycles. The Morgan fingerprint density at radius 2 is 1.96 bits per heavy atom. The number of benzene rings is 1. The maximum absolute atomic E-state index is 5.85. The number of methoxy groups -OCH3 is 1. The van der Waals surface area contributed by atoms with Crippen molar-refractivity contribution in [1.29, 1.82) is 0 Å². The van der Waals surface area contributed by atoms with Gasteiger partial charge in [-0.05, 0) is 25.5 Å². The molecule has 27 heavy (non-hydrogen) atoms. The first kappa shape index (κ1) is 18.1. The number of hydrogen-bond donors (Lipinski definition) is 0. The molecule has 1 unspecified atom stereocenters. The molecule has 1 atom stereocenters. The van der Waals surface area contributed by atoms with E-state index in [0.29, 0.717) is 19.1 Å². The molecule has 1 aromatic carbocycles. The summed E-state index contributed by atoms with van der Waals surface area (Å²) >= 11 is 0. The van der Waals surface area contributed by atoms with Crippen molar-refractivity contribution in [3.63, 3.8) is 0 Å². The van der Waals surface area contributed by atoms with E-state index in [1.807, 2.05) is 12.1 Å². The van der Waals surface area contributed by atoms with Crippen molar-refractivity contribution in [3.8, 4) is 17.2 Å². The molecule has 1 aromatic heterocycles. The molecular formula is C20H27N3O4. The lowest BCUT2D eigenvalue weighted by Gasteiger charge is -2.23. The van der Waals surface area contributed by atoms with Crippen LogP contribution in [0.2, 0.25) is 0 Å². The molecular weight excluding hydrogens is 346 g/mol. The lowest BCUT2D eigenvalue weighted by Crippen LogP contribution is -2.23. The van der Waals surface area contributed by atoms with Crippen molar-refractivity contribution in [3.05, 3.63) is 29.4 Å². The van der Waals surface area contributed by atoms with Crippen molar-refractivity contribution in [2.45, 2.75) is 51.6 Å². The molecule has 1 saturated heterocycles. The second kappa shape index (κ2) is 7.76. The third-order valence-electron chi connectivity index (χ3n) is 5.15. The minimum Gasteiger partial charge on any atom is -0.496 e. The summed E-state index contributed by atoms with van der Waals surface area (Å²) in [5.74, 6) is 4.11. The van der Waals surface area contributed by atoms with Gasteiger partial charge in [-0.15, -0.1) is 0 Å². The van der Waals surface area contributed by atoms with Crippen LogP contribution in [-0.2, 0) is 6.54 Å².